The monoisotopic (exact) mass is 318 g/mol. The van der Waals surface area contributed by atoms with E-state index < -0.39 is 11.9 Å². The van der Waals surface area contributed by atoms with E-state index in [4.69, 9.17) is 0 Å². The number of ether oxygens (including phenoxy) is 1. The maximum atomic E-state index is 11.4. The van der Waals surface area contributed by atoms with E-state index in [1.807, 2.05) is 6.92 Å². The fraction of sp³-hybridized carbons (Fsp3) is 0.273. The number of halogens is 1. The van der Waals surface area contributed by atoms with Crippen molar-refractivity contribution in [3.05, 3.63) is 33.4 Å². The Morgan fingerprint density at radius 3 is 2.40 bits per heavy atom. The topological polar surface area (TPSA) is 43.4 Å². The summed E-state index contributed by atoms with van der Waals surface area (Å²) in [5.41, 5.74) is 0.403. The molecule has 0 bridgehead atoms. The Bertz CT molecular complexity index is 357. The predicted molar refractivity (Wildman–Crippen MR) is 64.5 cm³/mol. The summed E-state index contributed by atoms with van der Waals surface area (Å²) in [5, 5.41) is 0. The molecule has 0 radical (unpaired) electrons. The lowest BCUT2D eigenvalue weighted by Gasteiger charge is -2.01. The third kappa shape index (κ3) is 3.99. The molecular formula is C11H11IO3. The lowest BCUT2D eigenvalue weighted by Crippen LogP contribution is -2.11. The minimum Gasteiger partial charge on any atom is -0.389 e. The summed E-state index contributed by atoms with van der Waals surface area (Å²) in [5.74, 6) is -1.05. The average molecular weight is 318 g/mol. The summed E-state index contributed by atoms with van der Waals surface area (Å²) in [6.07, 6.45) is 0.953. The van der Waals surface area contributed by atoms with Crippen LogP contribution in [0.2, 0.25) is 0 Å². The zero-order valence-corrected chi connectivity index (χ0v) is 10.5. The van der Waals surface area contributed by atoms with Crippen LogP contribution >= 0.6 is 22.6 Å². The van der Waals surface area contributed by atoms with Crippen LogP contribution in [0.3, 0.4) is 0 Å². The standard InChI is InChI=1S/C11H11IO3/c1-2-3-10(13)15-11(14)8-4-6-9(12)7-5-8/h4-7H,2-3H2,1H3. The number of rotatable bonds is 3. The van der Waals surface area contributed by atoms with Crippen LogP contribution in [0.15, 0.2) is 24.3 Å². The zero-order chi connectivity index (χ0) is 11.3. The number of esters is 2. The molecule has 0 atom stereocenters. The van der Waals surface area contributed by atoms with Gasteiger partial charge in [-0.3, -0.25) is 4.79 Å². The van der Waals surface area contributed by atoms with Crippen LogP contribution in [0.25, 0.3) is 0 Å². The van der Waals surface area contributed by atoms with Crippen LogP contribution in [-0.4, -0.2) is 11.9 Å². The van der Waals surface area contributed by atoms with Crippen LogP contribution in [0.4, 0.5) is 0 Å². The molecule has 1 aromatic rings. The third-order valence-corrected chi connectivity index (χ3v) is 2.46. The summed E-state index contributed by atoms with van der Waals surface area (Å²) in [4.78, 5) is 22.4. The summed E-state index contributed by atoms with van der Waals surface area (Å²) in [7, 11) is 0. The van der Waals surface area contributed by atoms with Gasteiger partial charge in [0.25, 0.3) is 0 Å². The summed E-state index contributed by atoms with van der Waals surface area (Å²) >= 11 is 2.14. The molecule has 0 spiro atoms. The van der Waals surface area contributed by atoms with Crippen molar-refractivity contribution in [3.63, 3.8) is 0 Å². The molecule has 3 nitrogen and oxygen atoms in total. The predicted octanol–water partition coefficient (Wildman–Crippen LogP) is 2.77. The highest BCUT2D eigenvalue weighted by atomic mass is 127. The summed E-state index contributed by atoms with van der Waals surface area (Å²) in [6, 6.07) is 6.87. The first kappa shape index (κ1) is 12.2. The van der Waals surface area contributed by atoms with Gasteiger partial charge >= 0.3 is 11.9 Å². The fourth-order valence-corrected chi connectivity index (χ4v) is 1.36. The van der Waals surface area contributed by atoms with E-state index in [0.717, 1.165) is 3.57 Å². The molecule has 0 unspecified atom stereocenters. The Kier molecular flexibility index (Phi) is 4.74. The molecule has 0 amide bonds. The zero-order valence-electron chi connectivity index (χ0n) is 8.33. The highest BCUT2D eigenvalue weighted by molar-refractivity contribution is 14.1. The van der Waals surface area contributed by atoms with Crippen molar-refractivity contribution in [1.82, 2.24) is 0 Å². The van der Waals surface area contributed by atoms with Crippen molar-refractivity contribution in [2.45, 2.75) is 19.8 Å². The van der Waals surface area contributed by atoms with E-state index in [9.17, 15) is 9.59 Å². The lowest BCUT2D eigenvalue weighted by molar-refractivity contribution is -0.137. The van der Waals surface area contributed by atoms with Gasteiger partial charge in [0.05, 0.1) is 5.56 Å². The van der Waals surface area contributed by atoms with E-state index in [-0.39, 0.29) is 6.42 Å². The number of hydrogen-bond donors (Lipinski definition) is 0. The van der Waals surface area contributed by atoms with Crippen molar-refractivity contribution in [2.75, 3.05) is 0 Å². The van der Waals surface area contributed by atoms with Gasteiger partial charge in [0.15, 0.2) is 0 Å². The van der Waals surface area contributed by atoms with Crippen LogP contribution in [0.5, 0.6) is 0 Å². The second-order valence-electron chi connectivity index (χ2n) is 3.02. The van der Waals surface area contributed by atoms with Gasteiger partial charge in [0.1, 0.15) is 0 Å². The van der Waals surface area contributed by atoms with Gasteiger partial charge in [-0.15, -0.1) is 0 Å². The van der Waals surface area contributed by atoms with E-state index in [1.54, 1.807) is 24.3 Å². The number of carbonyl (C=O) groups excluding carboxylic acids is 2. The highest BCUT2D eigenvalue weighted by Gasteiger charge is 2.11. The van der Waals surface area contributed by atoms with Crippen LogP contribution in [0.1, 0.15) is 30.1 Å². The summed E-state index contributed by atoms with van der Waals surface area (Å²) in [6.45, 7) is 1.86. The molecule has 0 aromatic heterocycles. The molecule has 15 heavy (non-hydrogen) atoms. The molecule has 0 aliphatic carbocycles. The van der Waals surface area contributed by atoms with Crippen LogP contribution < -0.4 is 0 Å². The summed E-state index contributed by atoms with van der Waals surface area (Å²) < 4.78 is 5.67. The molecular weight excluding hydrogens is 307 g/mol. The average Bonchev–Trinajstić information content (AvgIpc) is 2.18. The Balaban J connectivity index is 2.61. The largest absolute Gasteiger partial charge is 0.389 e. The Hall–Kier alpha value is -0.910. The number of hydrogen-bond acceptors (Lipinski definition) is 3. The normalized spacial score (nSPS) is 9.73. The van der Waals surface area contributed by atoms with E-state index in [0.29, 0.717) is 12.0 Å². The first-order valence-electron chi connectivity index (χ1n) is 4.64. The van der Waals surface area contributed by atoms with Crippen LogP contribution in [-0.2, 0) is 9.53 Å². The second kappa shape index (κ2) is 5.85. The van der Waals surface area contributed by atoms with E-state index in [2.05, 4.69) is 27.3 Å². The van der Waals surface area contributed by atoms with Crippen molar-refractivity contribution < 1.29 is 14.3 Å². The minimum absolute atomic E-state index is 0.274. The third-order valence-electron chi connectivity index (χ3n) is 1.74. The van der Waals surface area contributed by atoms with Crippen molar-refractivity contribution in [1.29, 1.82) is 0 Å². The van der Waals surface area contributed by atoms with Crippen molar-refractivity contribution in [3.8, 4) is 0 Å². The molecule has 0 fully saturated rings. The Morgan fingerprint density at radius 2 is 1.87 bits per heavy atom. The van der Waals surface area contributed by atoms with Gasteiger partial charge in [-0.25, -0.2) is 4.79 Å². The van der Waals surface area contributed by atoms with E-state index in [1.165, 1.54) is 0 Å². The maximum Gasteiger partial charge on any atom is 0.345 e. The van der Waals surface area contributed by atoms with Crippen molar-refractivity contribution >= 4 is 34.5 Å². The lowest BCUT2D eigenvalue weighted by atomic mass is 10.2. The number of carbonyl (C=O) groups is 2. The first-order chi connectivity index (χ1) is 7.13. The number of benzene rings is 1. The molecule has 0 heterocycles. The Morgan fingerprint density at radius 1 is 1.27 bits per heavy atom. The van der Waals surface area contributed by atoms with Gasteiger partial charge in [0.2, 0.25) is 0 Å². The van der Waals surface area contributed by atoms with Crippen molar-refractivity contribution in [2.24, 2.45) is 0 Å². The minimum atomic E-state index is -0.579. The smallest absolute Gasteiger partial charge is 0.345 e. The molecule has 0 N–H and O–H groups in total. The molecule has 1 rings (SSSR count). The fourth-order valence-electron chi connectivity index (χ4n) is 1.00. The van der Waals surface area contributed by atoms with Gasteiger partial charge < -0.3 is 4.74 Å². The molecule has 4 heteroatoms. The van der Waals surface area contributed by atoms with E-state index >= 15 is 0 Å². The molecule has 0 aliphatic rings. The molecule has 1 aromatic carbocycles. The van der Waals surface area contributed by atoms with Gasteiger partial charge in [-0.1, -0.05) is 6.92 Å². The quantitative estimate of drug-likeness (QED) is 0.489. The van der Waals surface area contributed by atoms with Crippen LogP contribution in [0, 0.1) is 3.57 Å². The highest BCUT2D eigenvalue weighted by Crippen LogP contribution is 2.08. The first-order valence-corrected chi connectivity index (χ1v) is 5.72. The second-order valence-corrected chi connectivity index (χ2v) is 4.26. The van der Waals surface area contributed by atoms with Gasteiger partial charge in [-0.05, 0) is 53.3 Å². The molecule has 0 saturated carbocycles. The van der Waals surface area contributed by atoms with Gasteiger partial charge in [-0.2, -0.15) is 0 Å². The molecule has 80 valence electrons. The Labute approximate surface area is 102 Å². The molecule has 0 aliphatic heterocycles. The maximum absolute atomic E-state index is 11.4. The molecule has 0 saturated heterocycles. The van der Waals surface area contributed by atoms with Gasteiger partial charge in [0, 0.05) is 9.99 Å². The SMILES string of the molecule is CCCC(=O)OC(=O)c1ccc(I)cc1.